The monoisotopic (exact) mass is 1390 g/mol. The molecule has 0 amide bonds. The Morgan fingerprint density at radius 2 is 1.11 bits per heavy atom. The van der Waals surface area contributed by atoms with Crippen molar-refractivity contribution in [2.45, 2.75) is 63.3 Å². The van der Waals surface area contributed by atoms with E-state index < -0.39 is 21.7 Å². The van der Waals surface area contributed by atoms with E-state index in [4.69, 9.17) is 5.73 Å². The molecule has 3 aromatic heterocycles. The second-order valence-electron chi connectivity index (χ2n) is 8.83. The number of nitrogen functional groups attached to an aromatic ring is 1. The third-order valence-electron chi connectivity index (χ3n) is 5.77. The van der Waals surface area contributed by atoms with Crippen LogP contribution in [0.15, 0.2) is 42.6 Å². The molecule has 6 rings (SSSR count). The predicted octanol–water partition coefficient (Wildman–Crippen LogP) is 13.7. The molecule has 0 aliphatic carbocycles. The number of nitrogens with zero attached hydrogens (tertiary/aromatic N) is 5. The van der Waals surface area contributed by atoms with Crippen LogP contribution in [0, 0.1) is 66.7 Å². The van der Waals surface area contributed by atoms with E-state index in [9.17, 15) is 29.0 Å². The number of aromatic amines is 3. The number of H-pyrrole nitrogens is 3. The number of aromatic nitrogens is 6. The summed E-state index contributed by atoms with van der Waals surface area (Å²) in [6.07, 6.45) is 1.58. The van der Waals surface area contributed by atoms with E-state index in [0.717, 1.165) is 22.0 Å². The first-order valence-corrected chi connectivity index (χ1v) is 37.0. The van der Waals surface area contributed by atoms with Crippen LogP contribution in [0.4, 0.5) is 25.8 Å². The Morgan fingerprint density at radius 3 is 1.54 bits per heavy atom. The van der Waals surface area contributed by atoms with Crippen molar-refractivity contribution in [1.29, 1.82) is 0 Å². The maximum atomic E-state index is 13.0. The van der Waals surface area contributed by atoms with E-state index in [1.807, 2.05) is 27.7 Å². The van der Waals surface area contributed by atoms with E-state index in [0.29, 0.717) is 37.1 Å². The van der Waals surface area contributed by atoms with Crippen LogP contribution in [0.3, 0.4) is 0 Å². The molecule has 0 aliphatic rings. The predicted molar refractivity (Wildman–Crippen MR) is 257 cm³/mol. The van der Waals surface area contributed by atoms with Gasteiger partial charge in [0.1, 0.15) is 0 Å². The number of aryl methyl sites for hydroxylation is 3. The summed E-state index contributed by atoms with van der Waals surface area (Å²) in [6, 6.07) is 8.90. The zero-order valence-corrected chi connectivity index (χ0v) is 42.5. The summed E-state index contributed by atoms with van der Waals surface area (Å²) in [5.74, 6) is -1.08. The van der Waals surface area contributed by atoms with Crippen molar-refractivity contribution in [3.63, 3.8) is 0 Å². The summed E-state index contributed by atoms with van der Waals surface area (Å²) in [4.78, 5) is 19.7. The molecule has 22 heteroatoms. The van der Waals surface area contributed by atoms with Gasteiger partial charge in [0.15, 0.2) is 0 Å². The quantitative estimate of drug-likeness (QED) is 0.0431. The molecule has 0 saturated heterocycles. The van der Waals surface area contributed by atoms with Gasteiger partial charge in [0.25, 0.3) is 11.4 Å². The number of anilines is 1. The van der Waals surface area contributed by atoms with Crippen molar-refractivity contribution in [2.24, 2.45) is 0 Å². The Kier molecular flexibility index (Phi) is 37.1. The Balaban J connectivity index is -0.000000296. The first kappa shape index (κ1) is 60.0. The van der Waals surface area contributed by atoms with Gasteiger partial charge in [-0.15, -0.1) is 0 Å². The fourth-order valence-corrected chi connectivity index (χ4v) is 3.96. The molecule has 13 nitrogen and oxygen atoms in total. The van der Waals surface area contributed by atoms with Gasteiger partial charge in [-0.2, -0.15) is 37.9 Å². The molecule has 3 aromatic carbocycles. The third-order valence-corrected chi connectivity index (χ3v) is 5.77. The molecule has 0 atom stereocenters. The van der Waals surface area contributed by atoms with Gasteiger partial charge in [0, 0.05) is 35.3 Å². The van der Waals surface area contributed by atoms with E-state index in [-0.39, 0.29) is 36.5 Å². The van der Waals surface area contributed by atoms with Crippen LogP contribution in [0.25, 0.3) is 32.7 Å². The van der Waals surface area contributed by atoms with Crippen LogP contribution in [0.1, 0.15) is 59.2 Å². The minimum atomic E-state index is -0.646. The van der Waals surface area contributed by atoms with E-state index in [2.05, 4.69) is 144 Å². The van der Waals surface area contributed by atoms with Crippen LogP contribution >= 0.6 is 99.9 Å². The zero-order chi connectivity index (χ0) is 40.7. The Bertz CT molecular complexity index is 1960. The Labute approximate surface area is 382 Å². The van der Waals surface area contributed by atoms with Crippen LogP contribution in [0.5, 0.6) is 0 Å². The molecule has 0 aliphatic heterocycles. The van der Waals surface area contributed by atoms with E-state index in [1.165, 1.54) is 24.3 Å². The molecule has 0 spiro atoms. The van der Waals surface area contributed by atoms with Crippen LogP contribution in [0.2, 0.25) is 0 Å². The number of nitrogens with two attached hydrogens (primary N) is 1. The number of nitro groups is 2. The van der Waals surface area contributed by atoms with E-state index >= 15 is 0 Å². The van der Waals surface area contributed by atoms with Crippen molar-refractivity contribution in [3.8, 4) is 0 Å². The molecule has 0 saturated carbocycles. The molecule has 3 heterocycles. The fourth-order valence-electron chi connectivity index (χ4n) is 3.96. The van der Waals surface area contributed by atoms with Gasteiger partial charge in [0.2, 0.25) is 11.9 Å². The van der Waals surface area contributed by atoms with Gasteiger partial charge in [-0.3, -0.25) is 35.5 Å². The SMILES string of the molecule is C.C.CC.Cc1cc(N)cc2c(F)[nH]nc12.Cc1cc([N+](=O)[O-])cc2c(F)[nH]nc12.Cc1cc([N+](=O)[O-])cc2cn[nH]c12.[CH2-]C.[CH2-]C.[I][V]([I])[I].[I][V][I]. The van der Waals surface area contributed by atoms with Gasteiger partial charge < -0.3 is 19.6 Å². The van der Waals surface area contributed by atoms with Gasteiger partial charge in [-0.1, -0.05) is 28.7 Å². The standard InChI is InChI=1S/C8H6FN3O2.C8H8FN3.C8H7N3O2.C2H6.2C2H5.2CH4.5HI.2V/c1-4-2-5(12(13)14)3-6-7(4)10-11-8(6)9;1-4-2-5(10)3-6-7(4)11-12-8(6)9;1-5-2-7(11(12)13)3-6-4-9-10-8(5)6;3*1-2;;;;;;;;;/h2-3H,1H3,(H,10,11);2-3H,10H2,1H3,(H,11,12);2-4H,1H3,(H,9,10);1-2H3;2*1H2,2H3;2*1H4;5*1H;;/q;;;;2*-1;;;;;;;;+2;+3/p-5. The molecule has 303 valence electrons. The van der Waals surface area contributed by atoms with Crippen molar-refractivity contribution in [3.05, 3.63) is 105 Å². The van der Waals surface area contributed by atoms with Crippen LogP contribution in [-0.4, -0.2) is 40.4 Å². The van der Waals surface area contributed by atoms with Gasteiger partial charge in [0.05, 0.1) is 43.4 Å². The van der Waals surface area contributed by atoms with Crippen molar-refractivity contribution in [2.75, 3.05) is 5.73 Å². The van der Waals surface area contributed by atoms with Crippen molar-refractivity contribution >= 4 is 150 Å². The van der Waals surface area contributed by atoms with Crippen LogP contribution in [-0.2, 0) is 14.4 Å². The first-order chi connectivity index (χ1) is 24.6. The number of halogens is 7. The molecule has 54 heavy (non-hydrogen) atoms. The zero-order valence-electron chi connectivity index (χ0n) is 28.9. The van der Waals surface area contributed by atoms with Crippen molar-refractivity contribution in [1.82, 2.24) is 30.6 Å². The number of rotatable bonds is 2. The summed E-state index contributed by atoms with van der Waals surface area (Å²) < 4.78 is 26.0. The van der Waals surface area contributed by atoms with Crippen LogP contribution < -0.4 is 5.73 Å². The molecule has 0 radical (unpaired) electrons. The second kappa shape index (κ2) is 33.3. The summed E-state index contributed by atoms with van der Waals surface area (Å²) in [6.45, 7) is 19.3. The number of nitrogens with one attached hydrogen (secondary N) is 3. The number of non-ortho nitro benzene ring substituents is 2. The molecular formula is C32H45F2I5N9O4V2-2. The fraction of sp³-hybridized carbons (Fsp3) is 0.281. The number of benzene rings is 3. The average molecular weight is 1390 g/mol. The normalized spacial score (nSPS) is 8.98. The molecule has 0 bridgehead atoms. The third kappa shape index (κ3) is 20.7. The second-order valence-corrected chi connectivity index (χ2v) is 56.0. The summed E-state index contributed by atoms with van der Waals surface area (Å²) in [5.41, 5.74) is 10.3. The molecular weight excluding hydrogens is 1350 g/mol. The van der Waals surface area contributed by atoms with Gasteiger partial charge in [-0.05, 0) is 49.6 Å². The van der Waals surface area contributed by atoms with Gasteiger partial charge >= 0.3 is 114 Å². The summed E-state index contributed by atoms with van der Waals surface area (Å²) in [5, 5.41) is 40.9. The number of nitro benzene ring substituents is 2. The first-order valence-electron chi connectivity index (χ1n) is 14.5. The van der Waals surface area contributed by atoms with Gasteiger partial charge in [-0.25, -0.2) is 0 Å². The Morgan fingerprint density at radius 1 is 0.741 bits per heavy atom. The molecule has 0 fully saturated rings. The summed E-state index contributed by atoms with van der Waals surface area (Å²) >= 11 is 12.1. The number of hydrogen-bond donors (Lipinski definition) is 4. The average Bonchev–Trinajstić information content (AvgIpc) is 3.84. The van der Waals surface area contributed by atoms with Crippen molar-refractivity contribution < 1.29 is 33.0 Å². The minimum absolute atomic E-state index is 0. The molecule has 6 aromatic rings. The summed E-state index contributed by atoms with van der Waals surface area (Å²) in [7, 11) is 0.628. The Hall–Kier alpha value is -0.651. The molecule has 0 unspecified atom stereocenters. The molecule has 5 N–H and O–H groups in total. The topological polar surface area (TPSA) is 198 Å². The maximum absolute atomic E-state index is 13.0. The van der Waals surface area contributed by atoms with E-state index in [1.54, 1.807) is 39.1 Å². The number of fused-ring (bicyclic) bond motifs is 3. The number of hydrogen-bond acceptors (Lipinski definition) is 8.